The van der Waals surface area contributed by atoms with Crippen LogP contribution in [0.4, 0.5) is 4.39 Å². The second-order valence-corrected chi connectivity index (χ2v) is 6.34. The van der Waals surface area contributed by atoms with Gasteiger partial charge in [0.05, 0.1) is 5.54 Å². The number of nitrogens with one attached hydrogen (secondary N) is 1. The van der Waals surface area contributed by atoms with Gasteiger partial charge in [0.25, 0.3) is 0 Å². The lowest BCUT2D eigenvalue weighted by Gasteiger charge is -2.35. The summed E-state index contributed by atoms with van der Waals surface area (Å²) in [6.45, 7) is 6.02. The van der Waals surface area contributed by atoms with E-state index in [1.165, 1.54) is 16.7 Å². The van der Waals surface area contributed by atoms with Gasteiger partial charge in [0.1, 0.15) is 6.17 Å². The molecular weight excluding hydrogens is 261 g/mol. The van der Waals surface area contributed by atoms with E-state index in [0.717, 1.165) is 5.56 Å². The molecule has 2 heteroatoms. The van der Waals surface area contributed by atoms with Gasteiger partial charge in [-0.05, 0) is 43.0 Å². The average molecular weight is 283 g/mol. The minimum absolute atomic E-state index is 0.0177. The van der Waals surface area contributed by atoms with E-state index < -0.39 is 6.17 Å². The SMILES string of the molecule is CC1=CC=CC2C(c3ccc(CC(C)F)cc3)=CNC12C. The minimum Gasteiger partial charge on any atom is -0.381 e. The maximum atomic E-state index is 13.1. The van der Waals surface area contributed by atoms with E-state index in [9.17, 15) is 4.39 Å². The number of fused-ring (bicyclic) bond motifs is 1. The van der Waals surface area contributed by atoms with Crippen LogP contribution in [-0.4, -0.2) is 11.7 Å². The molecule has 1 heterocycles. The summed E-state index contributed by atoms with van der Waals surface area (Å²) in [5.74, 6) is 0.355. The van der Waals surface area contributed by atoms with E-state index in [0.29, 0.717) is 12.3 Å². The molecule has 1 aliphatic heterocycles. The Balaban J connectivity index is 1.86. The zero-order valence-corrected chi connectivity index (χ0v) is 12.9. The molecule has 21 heavy (non-hydrogen) atoms. The Hall–Kier alpha value is -1.83. The van der Waals surface area contributed by atoms with Crippen LogP contribution in [0.15, 0.2) is 54.3 Å². The van der Waals surface area contributed by atoms with Gasteiger partial charge in [-0.2, -0.15) is 0 Å². The predicted octanol–water partition coefficient (Wildman–Crippen LogP) is 4.42. The van der Waals surface area contributed by atoms with Crippen LogP contribution in [-0.2, 0) is 6.42 Å². The van der Waals surface area contributed by atoms with Gasteiger partial charge in [-0.3, -0.25) is 0 Å². The summed E-state index contributed by atoms with van der Waals surface area (Å²) in [5, 5.41) is 3.54. The monoisotopic (exact) mass is 283 g/mol. The van der Waals surface area contributed by atoms with E-state index in [-0.39, 0.29) is 5.54 Å². The molecule has 0 bridgehead atoms. The molecule has 3 atom stereocenters. The normalized spacial score (nSPS) is 28.5. The van der Waals surface area contributed by atoms with Crippen molar-refractivity contribution in [1.29, 1.82) is 0 Å². The summed E-state index contributed by atoms with van der Waals surface area (Å²) in [5.41, 5.74) is 4.91. The van der Waals surface area contributed by atoms with Gasteiger partial charge in [0.2, 0.25) is 0 Å². The summed E-state index contributed by atoms with van der Waals surface area (Å²) in [4.78, 5) is 0. The standard InChI is InChI=1S/C19H22FN/c1-13-5-4-6-18-17(12-21-19(13,18)3)16-9-7-15(8-10-16)11-14(2)20/h4-10,12,14,18,21H,11H2,1-3H3. The van der Waals surface area contributed by atoms with Crippen molar-refractivity contribution in [1.82, 2.24) is 5.32 Å². The molecule has 2 aliphatic rings. The van der Waals surface area contributed by atoms with Crippen LogP contribution in [0.5, 0.6) is 0 Å². The smallest absolute Gasteiger partial charge is 0.101 e. The third kappa shape index (κ3) is 2.44. The molecule has 0 spiro atoms. The third-order valence-corrected chi connectivity index (χ3v) is 4.76. The van der Waals surface area contributed by atoms with Crippen molar-refractivity contribution in [2.24, 2.45) is 5.92 Å². The van der Waals surface area contributed by atoms with Crippen LogP contribution >= 0.6 is 0 Å². The van der Waals surface area contributed by atoms with Crippen molar-refractivity contribution < 1.29 is 4.39 Å². The van der Waals surface area contributed by atoms with E-state index in [4.69, 9.17) is 0 Å². The molecule has 0 amide bonds. The van der Waals surface area contributed by atoms with Gasteiger partial charge in [-0.1, -0.05) is 42.5 Å². The van der Waals surface area contributed by atoms with Gasteiger partial charge in [0, 0.05) is 18.5 Å². The van der Waals surface area contributed by atoms with Crippen LogP contribution in [0.25, 0.3) is 5.57 Å². The molecule has 3 rings (SSSR count). The molecule has 1 aromatic carbocycles. The van der Waals surface area contributed by atoms with Crippen LogP contribution in [0.3, 0.4) is 0 Å². The van der Waals surface area contributed by atoms with Crippen LogP contribution in [0.2, 0.25) is 0 Å². The van der Waals surface area contributed by atoms with Crippen molar-refractivity contribution in [3.63, 3.8) is 0 Å². The quantitative estimate of drug-likeness (QED) is 0.865. The second-order valence-electron chi connectivity index (χ2n) is 6.34. The highest BCUT2D eigenvalue weighted by Gasteiger charge is 2.41. The first-order chi connectivity index (χ1) is 10.0. The Morgan fingerprint density at radius 2 is 2.00 bits per heavy atom. The van der Waals surface area contributed by atoms with E-state index in [2.05, 4.69) is 55.7 Å². The van der Waals surface area contributed by atoms with Crippen molar-refractivity contribution in [3.05, 3.63) is 65.4 Å². The molecule has 1 aromatic rings. The van der Waals surface area contributed by atoms with Gasteiger partial charge < -0.3 is 5.32 Å². The van der Waals surface area contributed by atoms with Crippen molar-refractivity contribution in [2.45, 2.75) is 38.9 Å². The molecule has 3 unspecified atom stereocenters. The first-order valence-electron chi connectivity index (χ1n) is 7.57. The molecule has 0 saturated carbocycles. The number of benzene rings is 1. The van der Waals surface area contributed by atoms with Crippen LogP contribution < -0.4 is 5.32 Å². The highest BCUT2D eigenvalue weighted by molar-refractivity contribution is 5.74. The lowest BCUT2D eigenvalue weighted by Crippen LogP contribution is -2.43. The maximum Gasteiger partial charge on any atom is 0.101 e. The second kappa shape index (κ2) is 5.18. The Kier molecular flexibility index (Phi) is 3.48. The molecule has 0 aromatic heterocycles. The van der Waals surface area contributed by atoms with Crippen molar-refractivity contribution >= 4 is 5.57 Å². The molecule has 0 radical (unpaired) electrons. The molecule has 1 aliphatic carbocycles. The largest absolute Gasteiger partial charge is 0.381 e. The summed E-state index contributed by atoms with van der Waals surface area (Å²) in [6.07, 6.45) is 8.40. The third-order valence-electron chi connectivity index (χ3n) is 4.76. The maximum absolute atomic E-state index is 13.1. The predicted molar refractivity (Wildman–Crippen MR) is 86.6 cm³/mol. The van der Waals surface area contributed by atoms with Crippen LogP contribution in [0, 0.1) is 5.92 Å². The van der Waals surface area contributed by atoms with Crippen molar-refractivity contribution in [2.75, 3.05) is 0 Å². The Bertz CT molecular complexity index is 621. The summed E-state index contributed by atoms with van der Waals surface area (Å²) >= 11 is 0. The van der Waals surface area contributed by atoms with E-state index >= 15 is 0 Å². The fourth-order valence-corrected chi connectivity index (χ4v) is 3.28. The zero-order valence-electron chi connectivity index (χ0n) is 12.9. The van der Waals surface area contributed by atoms with Gasteiger partial charge in [-0.15, -0.1) is 0 Å². The van der Waals surface area contributed by atoms with Gasteiger partial charge in [0.15, 0.2) is 0 Å². The highest BCUT2D eigenvalue weighted by atomic mass is 19.1. The summed E-state index contributed by atoms with van der Waals surface area (Å²) in [6, 6.07) is 8.30. The number of hydrogen-bond acceptors (Lipinski definition) is 1. The van der Waals surface area contributed by atoms with Gasteiger partial charge in [-0.25, -0.2) is 4.39 Å². The average Bonchev–Trinajstić information content (AvgIpc) is 2.79. The highest BCUT2D eigenvalue weighted by Crippen LogP contribution is 2.43. The summed E-state index contributed by atoms with van der Waals surface area (Å²) < 4.78 is 13.1. The molecule has 110 valence electrons. The van der Waals surface area contributed by atoms with Crippen LogP contribution in [0.1, 0.15) is 31.9 Å². The number of hydrogen-bond donors (Lipinski definition) is 1. The first kappa shape index (κ1) is 14.1. The Labute approximate surface area is 126 Å². The number of alkyl halides is 1. The molecule has 0 saturated heterocycles. The number of halogens is 1. The fourth-order valence-electron chi connectivity index (χ4n) is 3.28. The minimum atomic E-state index is -0.791. The van der Waals surface area contributed by atoms with E-state index in [1.54, 1.807) is 6.92 Å². The lowest BCUT2D eigenvalue weighted by atomic mass is 9.74. The van der Waals surface area contributed by atoms with Gasteiger partial charge >= 0.3 is 0 Å². The first-order valence-corrected chi connectivity index (χ1v) is 7.57. The molecule has 0 fully saturated rings. The summed E-state index contributed by atoms with van der Waals surface area (Å²) in [7, 11) is 0. The zero-order chi connectivity index (χ0) is 15.0. The molecular formula is C19H22FN. The number of rotatable bonds is 3. The van der Waals surface area contributed by atoms with E-state index in [1.807, 2.05) is 12.1 Å². The molecule has 1 nitrogen and oxygen atoms in total. The Morgan fingerprint density at radius 1 is 1.29 bits per heavy atom. The number of allylic oxidation sites excluding steroid dienone is 2. The Morgan fingerprint density at radius 3 is 2.67 bits per heavy atom. The topological polar surface area (TPSA) is 12.0 Å². The van der Waals surface area contributed by atoms with Crippen molar-refractivity contribution in [3.8, 4) is 0 Å². The lowest BCUT2D eigenvalue weighted by molar-refractivity contribution is 0.360. The fraction of sp³-hybridized carbons (Fsp3) is 0.368. The molecule has 1 N–H and O–H groups in total.